The molecule has 1 aliphatic heterocycles. The molecule has 0 bridgehead atoms. The summed E-state index contributed by atoms with van der Waals surface area (Å²) < 4.78 is 5.44. The number of esters is 1. The number of thiophene rings is 1. The van der Waals surface area contributed by atoms with E-state index in [-0.39, 0.29) is 12.1 Å². The minimum atomic E-state index is -0.448. The van der Waals surface area contributed by atoms with Crippen LogP contribution in [0.4, 0.5) is 5.00 Å². The highest BCUT2D eigenvalue weighted by atomic mass is 35.5. The summed E-state index contributed by atoms with van der Waals surface area (Å²) >= 11 is 7.56. The van der Waals surface area contributed by atoms with Gasteiger partial charge in [0.05, 0.1) is 11.1 Å². The Labute approximate surface area is 189 Å². The number of halogens is 1. The van der Waals surface area contributed by atoms with Crippen LogP contribution in [0.5, 0.6) is 5.75 Å². The van der Waals surface area contributed by atoms with Crippen LogP contribution in [0.1, 0.15) is 56.2 Å². The number of anilines is 1. The van der Waals surface area contributed by atoms with Crippen molar-refractivity contribution < 1.29 is 14.3 Å². The Morgan fingerprint density at radius 1 is 1.10 bits per heavy atom. The van der Waals surface area contributed by atoms with Gasteiger partial charge < -0.3 is 15.4 Å². The Hall–Kier alpha value is -2.83. The summed E-state index contributed by atoms with van der Waals surface area (Å²) in [6, 6.07) is 13.7. The number of ether oxygens (including phenoxy) is 1. The lowest BCUT2D eigenvalue weighted by atomic mass is 9.88. The van der Waals surface area contributed by atoms with Crippen molar-refractivity contribution in [2.24, 2.45) is 5.92 Å². The molecule has 0 radical (unpaired) electrons. The second-order valence-electron chi connectivity index (χ2n) is 8.07. The zero-order valence-corrected chi connectivity index (χ0v) is 18.5. The zero-order valence-electron chi connectivity index (χ0n) is 16.9. The van der Waals surface area contributed by atoms with E-state index < -0.39 is 5.97 Å². The van der Waals surface area contributed by atoms with E-state index in [1.807, 2.05) is 12.1 Å². The van der Waals surface area contributed by atoms with Gasteiger partial charge in [0.2, 0.25) is 0 Å². The molecule has 2 heterocycles. The molecular weight excluding hydrogens is 432 g/mol. The minimum Gasteiger partial charge on any atom is -0.423 e. The summed E-state index contributed by atoms with van der Waals surface area (Å²) in [5.74, 6) is 0.627. The smallest absolute Gasteiger partial charge is 0.343 e. The van der Waals surface area contributed by atoms with Gasteiger partial charge in [0.15, 0.2) is 0 Å². The number of benzene rings is 2. The van der Waals surface area contributed by atoms with E-state index in [0.717, 1.165) is 35.4 Å². The van der Waals surface area contributed by atoms with E-state index in [2.05, 4.69) is 17.6 Å². The number of nitrogens with one attached hydrogen (secondary N) is 2. The maximum Gasteiger partial charge on any atom is 0.343 e. The summed E-state index contributed by atoms with van der Waals surface area (Å²) in [4.78, 5) is 26.5. The fourth-order valence-electron chi connectivity index (χ4n) is 4.11. The highest BCUT2D eigenvalue weighted by Crippen LogP contribution is 2.42. The van der Waals surface area contributed by atoms with Crippen LogP contribution in [0, 0.1) is 5.92 Å². The SMILES string of the molecule is C[C@H]1CCc2c(sc3c2C(=O)N[C@@H](c2ccc(OC(=O)c4ccc(Cl)cc4)cc2)N3)C1. The van der Waals surface area contributed by atoms with Gasteiger partial charge in [0.25, 0.3) is 5.91 Å². The summed E-state index contributed by atoms with van der Waals surface area (Å²) in [7, 11) is 0. The van der Waals surface area contributed by atoms with Crippen LogP contribution in [0.25, 0.3) is 0 Å². The first-order chi connectivity index (χ1) is 15.0. The van der Waals surface area contributed by atoms with Crippen LogP contribution in [0.2, 0.25) is 5.02 Å². The van der Waals surface area contributed by atoms with Crippen LogP contribution < -0.4 is 15.4 Å². The van der Waals surface area contributed by atoms with E-state index in [1.54, 1.807) is 47.7 Å². The summed E-state index contributed by atoms with van der Waals surface area (Å²) in [5, 5.41) is 8.05. The van der Waals surface area contributed by atoms with Gasteiger partial charge in [-0.1, -0.05) is 30.7 Å². The first-order valence-corrected chi connectivity index (χ1v) is 11.5. The Balaban J connectivity index is 1.31. The molecule has 1 amide bonds. The largest absolute Gasteiger partial charge is 0.423 e. The van der Waals surface area contributed by atoms with Crippen molar-refractivity contribution in [2.45, 2.75) is 32.4 Å². The van der Waals surface area contributed by atoms with Crippen molar-refractivity contribution in [1.29, 1.82) is 0 Å². The Kier molecular flexibility index (Phi) is 5.20. The van der Waals surface area contributed by atoms with E-state index in [0.29, 0.717) is 22.3 Å². The lowest BCUT2D eigenvalue weighted by Crippen LogP contribution is -2.38. The maximum absolute atomic E-state index is 12.9. The van der Waals surface area contributed by atoms with Crippen LogP contribution in [-0.4, -0.2) is 11.9 Å². The van der Waals surface area contributed by atoms with Gasteiger partial charge in [-0.2, -0.15) is 0 Å². The van der Waals surface area contributed by atoms with Crippen molar-refractivity contribution in [2.75, 3.05) is 5.32 Å². The topological polar surface area (TPSA) is 67.4 Å². The van der Waals surface area contributed by atoms with Gasteiger partial charge in [-0.25, -0.2) is 4.79 Å². The molecule has 3 aromatic rings. The minimum absolute atomic E-state index is 0.0240. The van der Waals surface area contributed by atoms with Gasteiger partial charge in [-0.05, 0) is 72.7 Å². The van der Waals surface area contributed by atoms with Gasteiger partial charge in [-0.3, -0.25) is 4.79 Å². The molecule has 31 heavy (non-hydrogen) atoms. The molecule has 5 rings (SSSR count). The van der Waals surface area contributed by atoms with Crippen LogP contribution >= 0.6 is 22.9 Å². The number of hydrogen-bond donors (Lipinski definition) is 2. The molecule has 0 spiro atoms. The molecule has 2 aliphatic rings. The Morgan fingerprint density at radius 2 is 1.84 bits per heavy atom. The third kappa shape index (κ3) is 3.93. The van der Waals surface area contributed by atoms with Gasteiger partial charge in [-0.15, -0.1) is 11.3 Å². The second-order valence-corrected chi connectivity index (χ2v) is 9.61. The number of rotatable bonds is 3. The monoisotopic (exact) mass is 452 g/mol. The quantitative estimate of drug-likeness (QED) is 0.401. The molecule has 5 nitrogen and oxygen atoms in total. The number of carbonyl (C=O) groups excluding carboxylic acids is 2. The van der Waals surface area contributed by atoms with E-state index in [4.69, 9.17) is 16.3 Å². The second kappa shape index (κ2) is 8.02. The molecule has 2 atom stereocenters. The van der Waals surface area contributed by atoms with E-state index >= 15 is 0 Å². The van der Waals surface area contributed by atoms with Gasteiger partial charge >= 0.3 is 5.97 Å². The van der Waals surface area contributed by atoms with E-state index in [9.17, 15) is 9.59 Å². The molecule has 0 saturated carbocycles. The maximum atomic E-state index is 12.9. The first-order valence-electron chi connectivity index (χ1n) is 10.3. The van der Waals surface area contributed by atoms with Crippen LogP contribution in [-0.2, 0) is 12.8 Å². The molecule has 0 saturated heterocycles. The summed E-state index contributed by atoms with van der Waals surface area (Å²) in [6.45, 7) is 2.26. The molecule has 0 unspecified atom stereocenters. The third-order valence-corrected chi connectivity index (χ3v) is 7.23. The Morgan fingerprint density at radius 3 is 2.58 bits per heavy atom. The van der Waals surface area contributed by atoms with Crippen LogP contribution in [0.3, 0.4) is 0 Å². The highest BCUT2D eigenvalue weighted by molar-refractivity contribution is 7.16. The van der Waals surface area contributed by atoms with E-state index in [1.165, 1.54) is 10.4 Å². The standard InChI is InChI=1S/C24H21ClN2O3S/c1-13-2-11-18-19(12-13)31-23-20(18)22(28)26-21(27-23)14-5-9-17(10-6-14)30-24(29)15-3-7-16(25)8-4-15/h3-10,13,21,27H,2,11-12H2,1H3,(H,26,28)/t13-,21+/m0/s1. The van der Waals surface area contributed by atoms with Crippen molar-refractivity contribution in [3.8, 4) is 5.75 Å². The lowest BCUT2D eigenvalue weighted by Gasteiger charge is -2.27. The summed E-state index contributed by atoms with van der Waals surface area (Å²) in [6.07, 6.45) is 2.82. The van der Waals surface area contributed by atoms with Crippen LogP contribution in [0.15, 0.2) is 48.5 Å². The fourth-order valence-corrected chi connectivity index (χ4v) is 5.67. The molecule has 2 N–H and O–H groups in total. The molecule has 1 aromatic heterocycles. The number of carbonyl (C=O) groups is 2. The lowest BCUT2D eigenvalue weighted by molar-refractivity contribution is 0.0734. The van der Waals surface area contributed by atoms with Crippen molar-refractivity contribution >= 4 is 39.8 Å². The predicted octanol–water partition coefficient (Wildman–Crippen LogP) is 5.60. The normalized spacial score (nSPS) is 19.6. The van der Waals surface area contributed by atoms with Gasteiger partial charge in [0, 0.05) is 9.90 Å². The number of fused-ring (bicyclic) bond motifs is 3. The molecule has 0 fully saturated rings. The molecule has 1 aliphatic carbocycles. The predicted molar refractivity (Wildman–Crippen MR) is 122 cm³/mol. The molecule has 7 heteroatoms. The fraction of sp³-hybridized carbons (Fsp3) is 0.250. The van der Waals surface area contributed by atoms with Crippen molar-refractivity contribution in [3.63, 3.8) is 0 Å². The summed E-state index contributed by atoms with van der Waals surface area (Å²) in [5.41, 5.74) is 3.35. The molecule has 158 valence electrons. The third-order valence-electron chi connectivity index (χ3n) is 5.79. The first kappa shape index (κ1) is 20.1. The molecular formula is C24H21ClN2O3S. The zero-order chi connectivity index (χ0) is 21.5. The highest BCUT2D eigenvalue weighted by Gasteiger charge is 2.33. The number of hydrogen-bond acceptors (Lipinski definition) is 5. The van der Waals surface area contributed by atoms with Crippen molar-refractivity contribution in [1.82, 2.24) is 5.32 Å². The number of amides is 1. The van der Waals surface area contributed by atoms with Gasteiger partial charge in [0.1, 0.15) is 16.9 Å². The Bertz CT molecular complexity index is 1150. The average Bonchev–Trinajstić information content (AvgIpc) is 3.12. The average molecular weight is 453 g/mol. The van der Waals surface area contributed by atoms with Crippen molar-refractivity contribution in [3.05, 3.63) is 80.7 Å². The molecule has 2 aromatic carbocycles.